The molecule has 1 fully saturated rings. The van der Waals surface area contributed by atoms with E-state index >= 15 is 0 Å². The third-order valence-corrected chi connectivity index (χ3v) is 6.73. The van der Waals surface area contributed by atoms with Crippen LogP contribution >= 0.6 is 23.1 Å². The molecule has 4 nitrogen and oxygen atoms in total. The van der Waals surface area contributed by atoms with Crippen molar-refractivity contribution in [2.45, 2.75) is 36.8 Å². The first-order chi connectivity index (χ1) is 12.7. The first-order valence-electron chi connectivity index (χ1n) is 9.23. The minimum absolute atomic E-state index is 0.170. The van der Waals surface area contributed by atoms with E-state index in [0.717, 1.165) is 60.4 Å². The SMILES string of the molecule is CNCCC1CCN(C(=O)c2ccc(SCc3csc(C)n3)cc2)CC1. The highest BCUT2D eigenvalue weighted by Crippen LogP contribution is 2.25. The Bertz CT molecular complexity index is 706. The summed E-state index contributed by atoms with van der Waals surface area (Å²) in [4.78, 5) is 20.4. The zero-order chi connectivity index (χ0) is 18.4. The van der Waals surface area contributed by atoms with Gasteiger partial charge in [-0.1, -0.05) is 0 Å². The molecule has 1 aliphatic rings. The van der Waals surface area contributed by atoms with Gasteiger partial charge in [0.15, 0.2) is 0 Å². The van der Waals surface area contributed by atoms with Crippen LogP contribution in [0.3, 0.4) is 0 Å². The lowest BCUT2D eigenvalue weighted by Gasteiger charge is -2.32. The van der Waals surface area contributed by atoms with Crippen LogP contribution in [0.15, 0.2) is 34.5 Å². The quantitative estimate of drug-likeness (QED) is 0.721. The molecule has 1 aliphatic heterocycles. The molecule has 26 heavy (non-hydrogen) atoms. The van der Waals surface area contributed by atoms with Crippen LogP contribution < -0.4 is 5.32 Å². The number of amides is 1. The lowest BCUT2D eigenvalue weighted by atomic mass is 9.93. The number of benzene rings is 1. The molecule has 140 valence electrons. The number of nitrogens with one attached hydrogen (secondary N) is 1. The van der Waals surface area contributed by atoms with Gasteiger partial charge in [0.25, 0.3) is 5.91 Å². The van der Waals surface area contributed by atoms with Crippen molar-refractivity contribution in [1.29, 1.82) is 0 Å². The molecule has 1 aromatic heterocycles. The molecule has 0 radical (unpaired) electrons. The van der Waals surface area contributed by atoms with Crippen LogP contribution in [0.2, 0.25) is 0 Å². The molecule has 1 N–H and O–H groups in total. The van der Waals surface area contributed by atoms with Crippen molar-refractivity contribution in [3.8, 4) is 0 Å². The number of thioether (sulfide) groups is 1. The van der Waals surface area contributed by atoms with Gasteiger partial charge in [0.05, 0.1) is 10.7 Å². The van der Waals surface area contributed by atoms with E-state index in [4.69, 9.17) is 0 Å². The first-order valence-corrected chi connectivity index (χ1v) is 11.1. The van der Waals surface area contributed by atoms with Crippen LogP contribution in [0, 0.1) is 12.8 Å². The van der Waals surface area contributed by atoms with Gasteiger partial charge < -0.3 is 10.2 Å². The molecular formula is C20H27N3OS2. The fourth-order valence-electron chi connectivity index (χ4n) is 3.28. The van der Waals surface area contributed by atoms with Gasteiger partial charge in [-0.05, 0) is 70.0 Å². The number of piperidine rings is 1. The summed E-state index contributed by atoms with van der Waals surface area (Å²) in [5.74, 6) is 1.79. The van der Waals surface area contributed by atoms with Gasteiger partial charge in [0, 0.05) is 34.7 Å². The van der Waals surface area contributed by atoms with Gasteiger partial charge in [-0.3, -0.25) is 4.79 Å². The number of hydrogen-bond acceptors (Lipinski definition) is 5. The number of aryl methyl sites for hydroxylation is 1. The van der Waals surface area contributed by atoms with Crippen molar-refractivity contribution < 1.29 is 4.79 Å². The van der Waals surface area contributed by atoms with E-state index in [1.807, 2.05) is 31.0 Å². The van der Waals surface area contributed by atoms with E-state index in [9.17, 15) is 4.79 Å². The Morgan fingerprint density at radius 1 is 1.31 bits per heavy atom. The molecule has 0 bridgehead atoms. The van der Waals surface area contributed by atoms with Crippen LogP contribution in [0.1, 0.15) is 40.3 Å². The number of carbonyl (C=O) groups is 1. The molecule has 0 saturated carbocycles. The smallest absolute Gasteiger partial charge is 0.253 e. The summed E-state index contributed by atoms with van der Waals surface area (Å²) in [5.41, 5.74) is 1.92. The monoisotopic (exact) mass is 389 g/mol. The van der Waals surface area contributed by atoms with Gasteiger partial charge in [-0.15, -0.1) is 23.1 Å². The number of aromatic nitrogens is 1. The molecule has 0 spiro atoms. The Morgan fingerprint density at radius 2 is 2.04 bits per heavy atom. The van der Waals surface area contributed by atoms with Crippen molar-refractivity contribution in [1.82, 2.24) is 15.2 Å². The molecule has 2 aromatic rings. The van der Waals surface area contributed by atoms with E-state index in [1.54, 1.807) is 23.1 Å². The van der Waals surface area contributed by atoms with Crippen molar-refractivity contribution in [3.63, 3.8) is 0 Å². The van der Waals surface area contributed by atoms with E-state index in [0.29, 0.717) is 0 Å². The second kappa shape index (κ2) is 9.53. The number of thiazole rings is 1. The Hall–Kier alpha value is -1.37. The molecule has 1 saturated heterocycles. The minimum atomic E-state index is 0.170. The topological polar surface area (TPSA) is 45.2 Å². The molecule has 0 unspecified atom stereocenters. The van der Waals surface area contributed by atoms with Crippen LogP contribution in [-0.4, -0.2) is 42.5 Å². The number of rotatable bonds is 7. The number of likely N-dealkylation sites (tertiary alicyclic amines) is 1. The van der Waals surface area contributed by atoms with Gasteiger partial charge in [0.1, 0.15) is 0 Å². The van der Waals surface area contributed by atoms with Crippen LogP contribution in [-0.2, 0) is 5.75 Å². The third-order valence-electron chi connectivity index (χ3n) is 4.86. The molecular weight excluding hydrogens is 362 g/mol. The molecule has 6 heteroatoms. The normalized spacial score (nSPS) is 15.4. The predicted molar refractivity (Wildman–Crippen MR) is 110 cm³/mol. The molecule has 2 heterocycles. The molecule has 1 amide bonds. The summed E-state index contributed by atoms with van der Waals surface area (Å²) in [6.07, 6.45) is 3.45. The number of nitrogens with zero attached hydrogens (tertiary/aromatic N) is 2. The van der Waals surface area contributed by atoms with Gasteiger partial charge >= 0.3 is 0 Å². The van der Waals surface area contributed by atoms with E-state index in [-0.39, 0.29) is 5.91 Å². The highest BCUT2D eigenvalue weighted by molar-refractivity contribution is 7.98. The van der Waals surface area contributed by atoms with Crippen molar-refractivity contribution in [2.75, 3.05) is 26.7 Å². The van der Waals surface area contributed by atoms with E-state index in [2.05, 4.69) is 27.8 Å². The lowest BCUT2D eigenvalue weighted by Crippen LogP contribution is -2.38. The minimum Gasteiger partial charge on any atom is -0.339 e. The largest absolute Gasteiger partial charge is 0.339 e. The van der Waals surface area contributed by atoms with Crippen LogP contribution in [0.4, 0.5) is 0 Å². The highest BCUT2D eigenvalue weighted by Gasteiger charge is 2.23. The number of carbonyl (C=O) groups excluding carboxylic acids is 1. The van der Waals surface area contributed by atoms with Crippen LogP contribution in [0.5, 0.6) is 0 Å². The van der Waals surface area contributed by atoms with Gasteiger partial charge in [-0.25, -0.2) is 4.98 Å². The predicted octanol–water partition coefficient (Wildman–Crippen LogP) is 4.21. The maximum atomic E-state index is 12.7. The van der Waals surface area contributed by atoms with Crippen molar-refractivity contribution >= 4 is 29.0 Å². The van der Waals surface area contributed by atoms with Gasteiger partial charge in [-0.2, -0.15) is 0 Å². The maximum absolute atomic E-state index is 12.7. The summed E-state index contributed by atoms with van der Waals surface area (Å²) in [6, 6.07) is 8.03. The Kier molecular flexibility index (Phi) is 7.11. The standard InChI is InChI=1S/C20H27N3OS2/c1-15-22-18(13-25-15)14-26-19-5-3-17(4-6-19)20(24)23-11-8-16(9-12-23)7-10-21-2/h3-6,13,16,21H,7-12,14H2,1-2H3. The maximum Gasteiger partial charge on any atom is 0.253 e. The molecule has 0 aliphatic carbocycles. The van der Waals surface area contributed by atoms with E-state index in [1.165, 1.54) is 11.3 Å². The van der Waals surface area contributed by atoms with Gasteiger partial charge in [0.2, 0.25) is 0 Å². The lowest BCUT2D eigenvalue weighted by molar-refractivity contribution is 0.0687. The molecule has 3 rings (SSSR count). The van der Waals surface area contributed by atoms with E-state index < -0.39 is 0 Å². The molecule has 1 aromatic carbocycles. The fourth-order valence-corrected chi connectivity index (χ4v) is 4.79. The average molecular weight is 390 g/mol. The zero-order valence-electron chi connectivity index (χ0n) is 15.5. The second-order valence-electron chi connectivity index (χ2n) is 6.80. The second-order valence-corrected chi connectivity index (χ2v) is 8.91. The Balaban J connectivity index is 1.49. The average Bonchev–Trinajstić information content (AvgIpc) is 3.10. The van der Waals surface area contributed by atoms with Crippen molar-refractivity contribution in [3.05, 3.63) is 45.9 Å². The molecule has 0 atom stereocenters. The third kappa shape index (κ3) is 5.32. The Labute approximate surface area is 164 Å². The zero-order valence-corrected chi connectivity index (χ0v) is 17.2. The van der Waals surface area contributed by atoms with Crippen LogP contribution in [0.25, 0.3) is 0 Å². The highest BCUT2D eigenvalue weighted by atomic mass is 32.2. The summed E-state index contributed by atoms with van der Waals surface area (Å²) in [6.45, 7) is 4.86. The summed E-state index contributed by atoms with van der Waals surface area (Å²) >= 11 is 3.45. The number of hydrogen-bond donors (Lipinski definition) is 1. The Morgan fingerprint density at radius 3 is 2.65 bits per heavy atom. The summed E-state index contributed by atoms with van der Waals surface area (Å²) < 4.78 is 0. The van der Waals surface area contributed by atoms with Crippen molar-refractivity contribution in [2.24, 2.45) is 5.92 Å². The summed E-state index contributed by atoms with van der Waals surface area (Å²) in [5, 5.41) is 6.44. The first kappa shape index (κ1) is 19.4. The summed E-state index contributed by atoms with van der Waals surface area (Å²) in [7, 11) is 2.00. The fraction of sp³-hybridized carbons (Fsp3) is 0.500.